The zero-order valence-corrected chi connectivity index (χ0v) is 15.8. The Morgan fingerprint density at radius 1 is 1.23 bits per heavy atom. The molecular formula is C16H16ClN5O3S. The van der Waals surface area contributed by atoms with Crippen LogP contribution in [0.3, 0.4) is 0 Å². The Morgan fingerprint density at radius 3 is 2.54 bits per heavy atom. The van der Waals surface area contributed by atoms with E-state index in [1.807, 2.05) is 6.92 Å². The topological polar surface area (TPSA) is 99.0 Å². The van der Waals surface area contributed by atoms with Crippen molar-refractivity contribution >= 4 is 33.1 Å². The molecule has 2 heterocycles. The van der Waals surface area contributed by atoms with E-state index >= 15 is 0 Å². The number of ether oxygens (including phenoxy) is 1. The lowest BCUT2D eigenvalue weighted by molar-refractivity contribution is 0.398. The van der Waals surface area contributed by atoms with Crippen molar-refractivity contribution in [1.29, 1.82) is 0 Å². The van der Waals surface area contributed by atoms with Gasteiger partial charge in [0.2, 0.25) is 11.8 Å². The third-order valence-electron chi connectivity index (χ3n) is 3.58. The summed E-state index contributed by atoms with van der Waals surface area (Å²) in [6, 6.07) is 6.47. The Hall–Kier alpha value is -2.65. The Kier molecular flexibility index (Phi) is 4.84. The predicted octanol–water partition coefficient (Wildman–Crippen LogP) is 2.78. The molecule has 0 aliphatic heterocycles. The number of halogens is 1. The van der Waals surface area contributed by atoms with Gasteiger partial charge in [0.25, 0.3) is 0 Å². The number of sulfone groups is 1. The van der Waals surface area contributed by atoms with Crippen molar-refractivity contribution in [3.8, 4) is 11.6 Å². The van der Waals surface area contributed by atoms with Crippen LogP contribution >= 0.6 is 11.6 Å². The number of methoxy groups -OCH3 is 1. The van der Waals surface area contributed by atoms with Crippen LogP contribution in [-0.2, 0) is 9.84 Å². The van der Waals surface area contributed by atoms with Gasteiger partial charge in [-0.3, -0.25) is 0 Å². The fourth-order valence-corrected chi connectivity index (χ4v) is 3.04. The first-order valence-corrected chi connectivity index (χ1v) is 9.75. The molecule has 0 bridgehead atoms. The van der Waals surface area contributed by atoms with Crippen molar-refractivity contribution in [1.82, 2.24) is 19.7 Å². The number of nitrogens with one attached hydrogen (secondary N) is 1. The summed E-state index contributed by atoms with van der Waals surface area (Å²) in [6.07, 6.45) is 4.37. The van der Waals surface area contributed by atoms with Gasteiger partial charge in [0.1, 0.15) is 5.02 Å². The molecule has 26 heavy (non-hydrogen) atoms. The van der Waals surface area contributed by atoms with Gasteiger partial charge < -0.3 is 10.1 Å². The SMILES string of the molecule is COc1nc(Nc2cn(-c3ccc(S(C)(=O)=O)cc3)nc2C)ncc1Cl. The number of hydrogen-bond donors (Lipinski definition) is 1. The minimum atomic E-state index is -3.24. The third kappa shape index (κ3) is 3.78. The van der Waals surface area contributed by atoms with Crippen molar-refractivity contribution in [2.24, 2.45) is 0 Å². The van der Waals surface area contributed by atoms with Crippen LogP contribution < -0.4 is 10.1 Å². The summed E-state index contributed by atoms with van der Waals surface area (Å²) in [5.74, 6) is 0.590. The molecule has 2 aromatic heterocycles. The summed E-state index contributed by atoms with van der Waals surface area (Å²) in [7, 11) is -1.76. The molecule has 0 aliphatic rings. The van der Waals surface area contributed by atoms with Crippen LogP contribution in [-0.4, -0.2) is 41.5 Å². The molecule has 1 aromatic carbocycles. The molecule has 0 saturated carbocycles. The lowest BCUT2D eigenvalue weighted by Crippen LogP contribution is -1.99. The number of hydrogen-bond acceptors (Lipinski definition) is 7. The summed E-state index contributed by atoms with van der Waals surface area (Å²) in [6.45, 7) is 1.83. The van der Waals surface area contributed by atoms with Crippen LogP contribution in [0.4, 0.5) is 11.6 Å². The Labute approximate surface area is 155 Å². The second kappa shape index (κ2) is 6.93. The molecule has 136 valence electrons. The van der Waals surface area contributed by atoms with Crippen LogP contribution in [0.15, 0.2) is 41.6 Å². The highest BCUT2D eigenvalue weighted by Crippen LogP contribution is 2.24. The molecule has 0 amide bonds. The number of anilines is 2. The van der Waals surface area contributed by atoms with Crippen molar-refractivity contribution in [2.45, 2.75) is 11.8 Å². The molecule has 0 spiro atoms. The van der Waals surface area contributed by atoms with Gasteiger partial charge in [0, 0.05) is 6.26 Å². The van der Waals surface area contributed by atoms with E-state index in [1.165, 1.54) is 19.6 Å². The number of benzene rings is 1. The summed E-state index contributed by atoms with van der Waals surface area (Å²) in [5, 5.41) is 7.80. The smallest absolute Gasteiger partial charge is 0.237 e. The summed E-state index contributed by atoms with van der Waals surface area (Å²) < 4.78 is 29.8. The van der Waals surface area contributed by atoms with E-state index in [1.54, 1.807) is 35.1 Å². The Balaban J connectivity index is 1.87. The van der Waals surface area contributed by atoms with Gasteiger partial charge in [0.15, 0.2) is 9.84 Å². The lowest BCUT2D eigenvalue weighted by Gasteiger charge is -2.06. The van der Waals surface area contributed by atoms with Gasteiger partial charge in [0.05, 0.1) is 41.5 Å². The van der Waals surface area contributed by atoms with E-state index in [9.17, 15) is 8.42 Å². The monoisotopic (exact) mass is 393 g/mol. The van der Waals surface area contributed by atoms with Gasteiger partial charge in [-0.1, -0.05) is 11.6 Å². The Bertz CT molecular complexity index is 1050. The van der Waals surface area contributed by atoms with E-state index in [0.717, 1.165) is 11.4 Å². The van der Waals surface area contributed by atoms with Crippen LogP contribution in [0.5, 0.6) is 5.88 Å². The highest BCUT2D eigenvalue weighted by atomic mass is 35.5. The molecule has 0 saturated heterocycles. The predicted molar refractivity (Wildman–Crippen MR) is 98.3 cm³/mol. The van der Waals surface area contributed by atoms with Crippen molar-refractivity contribution in [2.75, 3.05) is 18.7 Å². The normalized spacial score (nSPS) is 11.4. The fourth-order valence-electron chi connectivity index (χ4n) is 2.24. The van der Waals surface area contributed by atoms with E-state index in [4.69, 9.17) is 16.3 Å². The number of nitrogens with zero attached hydrogens (tertiary/aromatic N) is 4. The van der Waals surface area contributed by atoms with Crippen LogP contribution in [0.2, 0.25) is 5.02 Å². The zero-order chi connectivity index (χ0) is 18.9. The van der Waals surface area contributed by atoms with Gasteiger partial charge in [-0.15, -0.1) is 0 Å². The molecule has 3 aromatic rings. The van der Waals surface area contributed by atoms with E-state index in [-0.39, 0.29) is 10.8 Å². The molecule has 0 unspecified atom stereocenters. The van der Waals surface area contributed by atoms with E-state index < -0.39 is 9.84 Å². The average Bonchev–Trinajstić information content (AvgIpc) is 2.96. The summed E-state index contributed by atoms with van der Waals surface area (Å²) in [5.41, 5.74) is 2.14. The minimum absolute atomic E-state index is 0.255. The number of rotatable bonds is 5. The maximum Gasteiger partial charge on any atom is 0.237 e. The van der Waals surface area contributed by atoms with Gasteiger partial charge in [-0.2, -0.15) is 10.1 Å². The summed E-state index contributed by atoms with van der Waals surface area (Å²) >= 11 is 5.92. The highest BCUT2D eigenvalue weighted by molar-refractivity contribution is 7.90. The molecule has 3 rings (SSSR count). The van der Waals surface area contributed by atoms with Gasteiger partial charge in [-0.25, -0.2) is 18.1 Å². The average molecular weight is 394 g/mol. The first kappa shape index (κ1) is 18.2. The van der Waals surface area contributed by atoms with E-state index in [0.29, 0.717) is 16.7 Å². The molecule has 0 atom stereocenters. The van der Waals surface area contributed by atoms with Crippen LogP contribution in [0.25, 0.3) is 5.69 Å². The zero-order valence-electron chi connectivity index (χ0n) is 14.3. The van der Waals surface area contributed by atoms with Crippen LogP contribution in [0.1, 0.15) is 5.69 Å². The first-order valence-electron chi connectivity index (χ1n) is 7.48. The fraction of sp³-hybridized carbons (Fsp3) is 0.188. The van der Waals surface area contributed by atoms with Crippen molar-refractivity contribution in [3.63, 3.8) is 0 Å². The third-order valence-corrected chi connectivity index (χ3v) is 4.97. The maximum atomic E-state index is 11.6. The molecule has 0 radical (unpaired) electrons. The number of aryl methyl sites for hydroxylation is 1. The van der Waals surface area contributed by atoms with Crippen molar-refractivity contribution < 1.29 is 13.2 Å². The van der Waals surface area contributed by atoms with Crippen LogP contribution in [0, 0.1) is 6.92 Å². The number of aromatic nitrogens is 4. The second-order valence-electron chi connectivity index (χ2n) is 5.51. The molecular weight excluding hydrogens is 378 g/mol. The van der Waals surface area contributed by atoms with E-state index in [2.05, 4.69) is 20.4 Å². The largest absolute Gasteiger partial charge is 0.480 e. The molecule has 1 N–H and O–H groups in total. The second-order valence-corrected chi connectivity index (χ2v) is 7.94. The maximum absolute atomic E-state index is 11.6. The minimum Gasteiger partial charge on any atom is -0.480 e. The lowest BCUT2D eigenvalue weighted by atomic mass is 10.3. The highest BCUT2D eigenvalue weighted by Gasteiger charge is 2.11. The van der Waals surface area contributed by atoms with Gasteiger partial charge >= 0.3 is 0 Å². The van der Waals surface area contributed by atoms with Crippen molar-refractivity contribution in [3.05, 3.63) is 47.4 Å². The first-order chi connectivity index (χ1) is 12.3. The Morgan fingerprint density at radius 2 is 1.92 bits per heavy atom. The van der Waals surface area contributed by atoms with Gasteiger partial charge in [-0.05, 0) is 31.2 Å². The quantitative estimate of drug-likeness (QED) is 0.711. The molecule has 0 fully saturated rings. The standard InChI is InChI=1S/C16H16ClN5O3S/c1-10-14(19-16-18-8-13(17)15(20-16)25-2)9-22(21-10)11-4-6-12(7-5-11)26(3,23)24/h4-9H,1-3H3,(H,18,19,20). The summed E-state index contributed by atoms with van der Waals surface area (Å²) in [4.78, 5) is 8.53. The molecule has 8 nitrogen and oxygen atoms in total. The molecule has 0 aliphatic carbocycles. The molecule has 10 heteroatoms.